The van der Waals surface area contributed by atoms with E-state index in [4.69, 9.17) is 4.74 Å². The van der Waals surface area contributed by atoms with Crippen LogP contribution in [-0.4, -0.2) is 23.5 Å². The Kier molecular flexibility index (Phi) is 6.24. The van der Waals surface area contributed by atoms with Gasteiger partial charge in [0, 0.05) is 17.6 Å². The van der Waals surface area contributed by atoms with Crippen LogP contribution in [0, 0.1) is 13.8 Å². The summed E-state index contributed by atoms with van der Waals surface area (Å²) >= 11 is 0. The molecule has 0 radical (unpaired) electrons. The topological polar surface area (TPSA) is 80.3 Å². The fourth-order valence-corrected chi connectivity index (χ4v) is 2.72. The molecule has 3 aromatic rings. The summed E-state index contributed by atoms with van der Waals surface area (Å²) in [6.45, 7) is 6.13. The monoisotopic (exact) mass is 389 g/mol. The van der Waals surface area contributed by atoms with Crippen LogP contribution in [0.15, 0.2) is 60.8 Å². The SMILES string of the molecule is CCOC(=O)c1ccc(NC(=O)c2ccc(Nc3cc(C)ccc3C)nc2)cc1. The van der Waals surface area contributed by atoms with Gasteiger partial charge in [-0.15, -0.1) is 0 Å². The second-order valence-electron chi connectivity index (χ2n) is 6.63. The first-order valence-electron chi connectivity index (χ1n) is 9.35. The van der Waals surface area contributed by atoms with Crippen molar-refractivity contribution < 1.29 is 14.3 Å². The van der Waals surface area contributed by atoms with Gasteiger partial charge in [-0.3, -0.25) is 4.79 Å². The highest BCUT2D eigenvalue weighted by Crippen LogP contribution is 2.21. The average Bonchev–Trinajstić information content (AvgIpc) is 2.72. The largest absolute Gasteiger partial charge is 0.462 e. The third-order valence-corrected chi connectivity index (χ3v) is 4.34. The average molecular weight is 389 g/mol. The highest BCUT2D eigenvalue weighted by molar-refractivity contribution is 6.04. The van der Waals surface area contributed by atoms with E-state index in [2.05, 4.69) is 27.8 Å². The molecule has 1 heterocycles. The van der Waals surface area contributed by atoms with Gasteiger partial charge in [0.2, 0.25) is 0 Å². The summed E-state index contributed by atoms with van der Waals surface area (Å²) in [6, 6.07) is 16.2. The lowest BCUT2D eigenvalue weighted by Gasteiger charge is -2.10. The molecule has 0 unspecified atom stereocenters. The Morgan fingerprint density at radius 2 is 1.69 bits per heavy atom. The van der Waals surface area contributed by atoms with Gasteiger partial charge in [-0.05, 0) is 74.4 Å². The molecular formula is C23H23N3O3. The predicted octanol–water partition coefficient (Wildman–Crippen LogP) is 4.87. The lowest BCUT2D eigenvalue weighted by atomic mass is 10.1. The van der Waals surface area contributed by atoms with Crippen molar-refractivity contribution in [3.63, 3.8) is 0 Å². The molecule has 0 saturated carbocycles. The van der Waals surface area contributed by atoms with Gasteiger partial charge in [-0.2, -0.15) is 0 Å². The molecular weight excluding hydrogens is 366 g/mol. The Balaban J connectivity index is 1.64. The minimum Gasteiger partial charge on any atom is -0.462 e. The third-order valence-electron chi connectivity index (χ3n) is 4.34. The minimum absolute atomic E-state index is 0.278. The minimum atomic E-state index is -0.387. The van der Waals surface area contributed by atoms with Crippen molar-refractivity contribution in [2.75, 3.05) is 17.2 Å². The molecule has 0 bridgehead atoms. The molecule has 2 N–H and O–H groups in total. The number of carbonyl (C=O) groups excluding carboxylic acids is 2. The Bertz CT molecular complexity index is 1010. The van der Waals surface area contributed by atoms with E-state index in [1.807, 2.05) is 19.9 Å². The van der Waals surface area contributed by atoms with Gasteiger partial charge in [-0.1, -0.05) is 12.1 Å². The number of hydrogen-bond donors (Lipinski definition) is 2. The Hall–Kier alpha value is -3.67. The number of ether oxygens (including phenoxy) is 1. The van der Waals surface area contributed by atoms with Crippen LogP contribution in [0.4, 0.5) is 17.2 Å². The molecule has 0 aliphatic heterocycles. The summed E-state index contributed by atoms with van der Waals surface area (Å²) in [5, 5.41) is 6.06. The Morgan fingerprint density at radius 1 is 0.966 bits per heavy atom. The van der Waals surface area contributed by atoms with Gasteiger partial charge >= 0.3 is 5.97 Å². The maximum Gasteiger partial charge on any atom is 0.338 e. The van der Waals surface area contributed by atoms with Crippen molar-refractivity contribution in [1.82, 2.24) is 4.98 Å². The normalized spacial score (nSPS) is 10.3. The van der Waals surface area contributed by atoms with E-state index in [0.29, 0.717) is 29.2 Å². The Labute approximate surface area is 169 Å². The lowest BCUT2D eigenvalue weighted by Crippen LogP contribution is -2.12. The van der Waals surface area contributed by atoms with Gasteiger partial charge in [0.25, 0.3) is 5.91 Å². The Morgan fingerprint density at radius 3 is 2.34 bits per heavy atom. The van der Waals surface area contributed by atoms with Crippen molar-refractivity contribution in [3.05, 3.63) is 83.0 Å². The van der Waals surface area contributed by atoms with E-state index < -0.39 is 0 Å². The molecule has 0 atom stereocenters. The highest BCUT2D eigenvalue weighted by atomic mass is 16.5. The summed E-state index contributed by atoms with van der Waals surface area (Å²) in [5.74, 6) is -0.00442. The number of benzene rings is 2. The van der Waals surface area contributed by atoms with Gasteiger partial charge in [0.05, 0.1) is 17.7 Å². The first-order chi connectivity index (χ1) is 14.0. The van der Waals surface area contributed by atoms with Gasteiger partial charge in [0.15, 0.2) is 0 Å². The number of hydrogen-bond acceptors (Lipinski definition) is 5. The summed E-state index contributed by atoms with van der Waals surface area (Å²) in [6.07, 6.45) is 1.52. The van der Waals surface area contributed by atoms with Crippen LogP contribution < -0.4 is 10.6 Å². The zero-order valence-corrected chi connectivity index (χ0v) is 16.7. The summed E-state index contributed by atoms with van der Waals surface area (Å²) in [5.41, 5.74) is 4.71. The molecule has 0 aliphatic rings. The van der Waals surface area contributed by atoms with Crippen LogP contribution in [0.1, 0.15) is 38.8 Å². The van der Waals surface area contributed by atoms with E-state index >= 15 is 0 Å². The van der Waals surface area contributed by atoms with Crippen LogP contribution in [0.2, 0.25) is 0 Å². The molecule has 3 rings (SSSR count). The van der Waals surface area contributed by atoms with Crippen LogP contribution in [0.25, 0.3) is 0 Å². The molecule has 0 aliphatic carbocycles. The molecule has 29 heavy (non-hydrogen) atoms. The fraction of sp³-hybridized carbons (Fsp3) is 0.174. The molecule has 1 amide bonds. The van der Waals surface area contributed by atoms with Crippen LogP contribution in [-0.2, 0) is 4.74 Å². The first kappa shape index (κ1) is 20.1. The molecule has 1 aromatic heterocycles. The van der Waals surface area contributed by atoms with E-state index in [1.165, 1.54) is 6.20 Å². The quantitative estimate of drug-likeness (QED) is 0.588. The number of aryl methyl sites for hydroxylation is 2. The highest BCUT2D eigenvalue weighted by Gasteiger charge is 2.10. The van der Waals surface area contributed by atoms with Crippen molar-refractivity contribution in [1.29, 1.82) is 0 Å². The van der Waals surface area contributed by atoms with E-state index in [1.54, 1.807) is 43.3 Å². The van der Waals surface area contributed by atoms with Crippen molar-refractivity contribution >= 4 is 29.1 Å². The number of pyridine rings is 1. The number of anilines is 3. The van der Waals surface area contributed by atoms with Crippen molar-refractivity contribution in [2.24, 2.45) is 0 Å². The summed E-state index contributed by atoms with van der Waals surface area (Å²) in [4.78, 5) is 28.5. The summed E-state index contributed by atoms with van der Waals surface area (Å²) < 4.78 is 4.95. The first-order valence-corrected chi connectivity index (χ1v) is 9.35. The number of nitrogens with one attached hydrogen (secondary N) is 2. The second-order valence-corrected chi connectivity index (χ2v) is 6.63. The summed E-state index contributed by atoms with van der Waals surface area (Å²) in [7, 11) is 0. The molecule has 148 valence electrons. The molecule has 6 heteroatoms. The molecule has 0 saturated heterocycles. The molecule has 6 nitrogen and oxygen atoms in total. The smallest absolute Gasteiger partial charge is 0.338 e. The fourth-order valence-electron chi connectivity index (χ4n) is 2.72. The van der Waals surface area contributed by atoms with Gasteiger partial charge in [-0.25, -0.2) is 9.78 Å². The van der Waals surface area contributed by atoms with Crippen LogP contribution in [0.3, 0.4) is 0 Å². The number of aromatic nitrogens is 1. The van der Waals surface area contributed by atoms with Crippen molar-refractivity contribution in [2.45, 2.75) is 20.8 Å². The van der Waals surface area contributed by atoms with Crippen molar-refractivity contribution in [3.8, 4) is 0 Å². The standard InChI is InChI=1S/C23H23N3O3/c1-4-29-23(28)17-7-10-19(11-8-17)25-22(27)18-9-12-21(24-14-18)26-20-13-15(2)5-6-16(20)3/h5-14H,4H2,1-3H3,(H,24,26)(H,25,27). The number of esters is 1. The van der Waals surface area contributed by atoms with E-state index in [9.17, 15) is 9.59 Å². The van der Waals surface area contributed by atoms with Crippen LogP contribution in [0.5, 0.6) is 0 Å². The molecule has 2 aromatic carbocycles. The molecule has 0 fully saturated rings. The zero-order chi connectivity index (χ0) is 20.8. The van der Waals surface area contributed by atoms with Gasteiger partial charge < -0.3 is 15.4 Å². The van der Waals surface area contributed by atoms with Gasteiger partial charge in [0.1, 0.15) is 5.82 Å². The van der Waals surface area contributed by atoms with Crippen LogP contribution >= 0.6 is 0 Å². The number of carbonyl (C=O) groups is 2. The number of rotatable bonds is 6. The third kappa shape index (κ3) is 5.19. The maximum absolute atomic E-state index is 12.4. The van der Waals surface area contributed by atoms with E-state index in [0.717, 1.165) is 16.8 Å². The van der Waals surface area contributed by atoms with E-state index in [-0.39, 0.29) is 11.9 Å². The number of nitrogens with zero attached hydrogens (tertiary/aromatic N) is 1. The lowest BCUT2D eigenvalue weighted by molar-refractivity contribution is 0.0526. The predicted molar refractivity (Wildman–Crippen MR) is 114 cm³/mol. The second kappa shape index (κ2) is 9.01. The number of amides is 1. The zero-order valence-electron chi connectivity index (χ0n) is 16.7. The molecule has 0 spiro atoms. The maximum atomic E-state index is 12.4.